The van der Waals surface area contributed by atoms with E-state index in [9.17, 15) is 18.4 Å². The first-order chi connectivity index (χ1) is 17.6. The zero-order valence-corrected chi connectivity index (χ0v) is 21.7. The first-order valence-electron chi connectivity index (χ1n) is 13.0. The highest BCUT2D eigenvalue weighted by atomic mass is 19.2. The Labute approximate surface area is 215 Å². The minimum Gasteiger partial charge on any atom is -0.373 e. The quantitative estimate of drug-likeness (QED) is 0.645. The average molecular weight is 516 g/mol. The molecule has 1 aromatic heterocycles. The number of carbonyl (C=O) groups is 2. The number of amides is 3. The Morgan fingerprint density at radius 1 is 1.22 bits per heavy atom. The minimum absolute atomic E-state index is 0.0993. The summed E-state index contributed by atoms with van der Waals surface area (Å²) < 4.78 is 36.6. The van der Waals surface area contributed by atoms with Gasteiger partial charge in [-0.1, -0.05) is 12.1 Å². The molecule has 0 saturated carbocycles. The summed E-state index contributed by atoms with van der Waals surface area (Å²) in [4.78, 5) is 32.1. The molecule has 3 aliphatic rings. The number of rotatable bonds is 4. The number of carbonyl (C=O) groups excluding carboxylic acids is 2. The smallest absolute Gasteiger partial charge is 0.317 e. The van der Waals surface area contributed by atoms with Crippen LogP contribution in [0.25, 0.3) is 0 Å². The molecule has 0 bridgehead atoms. The number of fused-ring (bicyclic) bond motifs is 1. The predicted molar refractivity (Wildman–Crippen MR) is 133 cm³/mol. The van der Waals surface area contributed by atoms with E-state index in [4.69, 9.17) is 4.74 Å². The highest BCUT2D eigenvalue weighted by Gasteiger charge is 2.45. The lowest BCUT2D eigenvalue weighted by molar-refractivity contribution is -0.129. The highest BCUT2D eigenvalue weighted by Crippen LogP contribution is 2.39. The van der Waals surface area contributed by atoms with Crippen LogP contribution in [-0.4, -0.2) is 53.1 Å². The number of urea groups is 1. The van der Waals surface area contributed by atoms with Crippen molar-refractivity contribution in [2.24, 2.45) is 5.41 Å². The summed E-state index contributed by atoms with van der Waals surface area (Å²) >= 11 is 0. The van der Waals surface area contributed by atoms with E-state index in [2.05, 4.69) is 15.6 Å². The number of nitrogens with one attached hydrogen (secondary N) is 2. The van der Waals surface area contributed by atoms with E-state index in [-0.39, 0.29) is 23.3 Å². The molecule has 1 spiro atoms. The predicted octanol–water partition coefficient (Wildman–Crippen LogP) is 3.97. The van der Waals surface area contributed by atoms with Crippen molar-refractivity contribution in [1.29, 1.82) is 0 Å². The van der Waals surface area contributed by atoms with Crippen LogP contribution in [0.2, 0.25) is 0 Å². The Morgan fingerprint density at radius 2 is 1.97 bits per heavy atom. The first kappa shape index (κ1) is 25.6. The van der Waals surface area contributed by atoms with Crippen LogP contribution in [0.1, 0.15) is 75.0 Å². The molecule has 0 aliphatic carbocycles. The molecule has 2 N–H and O–H groups in total. The Kier molecular flexibility index (Phi) is 6.72. The maximum Gasteiger partial charge on any atom is 0.317 e. The number of nitrogens with zero attached hydrogens (tertiary/aromatic N) is 3. The second kappa shape index (κ2) is 9.70. The Morgan fingerprint density at radius 3 is 2.65 bits per heavy atom. The number of piperidine rings is 1. The summed E-state index contributed by atoms with van der Waals surface area (Å²) in [6.07, 6.45) is 4.93. The molecule has 2 saturated heterocycles. The van der Waals surface area contributed by atoms with Crippen LogP contribution < -0.4 is 10.6 Å². The topological polar surface area (TPSA) is 88.5 Å². The van der Waals surface area contributed by atoms with Crippen molar-refractivity contribution in [2.75, 3.05) is 26.7 Å². The van der Waals surface area contributed by atoms with Crippen molar-refractivity contribution < 1.29 is 23.1 Å². The van der Waals surface area contributed by atoms with Crippen LogP contribution in [0, 0.1) is 17.0 Å². The lowest BCUT2D eigenvalue weighted by Crippen LogP contribution is -2.50. The summed E-state index contributed by atoms with van der Waals surface area (Å²) in [6, 6.07) is 3.68. The lowest BCUT2D eigenvalue weighted by atomic mass is 9.77. The third-order valence-electron chi connectivity index (χ3n) is 8.63. The number of ether oxygens (including phenoxy) is 1. The van der Waals surface area contributed by atoms with E-state index in [0.29, 0.717) is 63.3 Å². The first-order valence-corrected chi connectivity index (χ1v) is 13.0. The van der Waals surface area contributed by atoms with Crippen molar-refractivity contribution in [3.63, 3.8) is 0 Å². The van der Waals surface area contributed by atoms with Crippen LogP contribution in [0.5, 0.6) is 0 Å². The van der Waals surface area contributed by atoms with Gasteiger partial charge < -0.3 is 24.8 Å². The van der Waals surface area contributed by atoms with Gasteiger partial charge in [0.2, 0.25) is 5.91 Å². The Hall–Kier alpha value is -3.01. The van der Waals surface area contributed by atoms with Gasteiger partial charge in [-0.15, -0.1) is 0 Å². The third-order valence-corrected chi connectivity index (χ3v) is 8.63. The van der Waals surface area contributed by atoms with Crippen LogP contribution in [-0.2, 0) is 21.7 Å². The van der Waals surface area contributed by atoms with Gasteiger partial charge in [-0.25, -0.2) is 18.6 Å². The van der Waals surface area contributed by atoms with Gasteiger partial charge >= 0.3 is 6.03 Å². The van der Waals surface area contributed by atoms with E-state index < -0.39 is 23.3 Å². The monoisotopic (exact) mass is 515 g/mol. The molecule has 2 atom stereocenters. The van der Waals surface area contributed by atoms with Crippen LogP contribution in [0.15, 0.2) is 24.4 Å². The molecular formula is C27H35F2N5O3. The summed E-state index contributed by atoms with van der Waals surface area (Å²) in [5, 5.41) is 6.07. The van der Waals surface area contributed by atoms with Gasteiger partial charge in [0.25, 0.3) is 0 Å². The number of aromatic nitrogens is 2. The molecule has 200 valence electrons. The highest BCUT2D eigenvalue weighted by molar-refractivity contribution is 5.85. The summed E-state index contributed by atoms with van der Waals surface area (Å²) in [6.45, 7) is 5.97. The zero-order chi connectivity index (χ0) is 26.4. The zero-order valence-electron chi connectivity index (χ0n) is 21.7. The van der Waals surface area contributed by atoms with E-state index in [1.807, 2.05) is 18.4 Å². The number of hydrogen-bond acceptors (Lipinski definition) is 4. The molecule has 2 aromatic rings. The van der Waals surface area contributed by atoms with Gasteiger partial charge in [0.15, 0.2) is 11.6 Å². The van der Waals surface area contributed by atoms with Crippen molar-refractivity contribution in [3.05, 3.63) is 53.1 Å². The van der Waals surface area contributed by atoms with Crippen molar-refractivity contribution in [2.45, 2.75) is 70.1 Å². The fourth-order valence-electron chi connectivity index (χ4n) is 6.05. The largest absolute Gasteiger partial charge is 0.373 e. The molecule has 0 unspecified atom stereocenters. The Bertz CT molecular complexity index is 1190. The maximum atomic E-state index is 14.8. The van der Waals surface area contributed by atoms with Gasteiger partial charge in [-0.05, 0) is 57.6 Å². The van der Waals surface area contributed by atoms with Crippen LogP contribution >= 0.6 is 0 Å². The van der Waals surface area contributed by atoms with E-state index >= 15 is 0 Å². The fourth-order valence-corrected chi connectivity index (χ4v) is 6.05. The van der Waals surface area contributed by atoms with Gasteiger partial charge in [0.05, 0.1) is 23.3 Å². The number of benzene rings is 1. The molecule has 3 amide bonds. The number of halogens is 2. The van der Waals surface area contributed by atoms with Crippen LogP contribution in [0.4, 0.5) is 13.6 Å². The minimum atomic E-state index is -0.867. The Balaban J connectivity index is 1.39. The lowest BCUT2D eigenvalue weighted by Gasteiger charge is -2.37. The molecule has 0 radical (unpaired) electrons. The fraction of sp³-hybridized carbons (Fsp3) is 0.593. The molecule has 5 rings (SSSR count). The van der Waals surface area contributed by atoms with Crippen LogP contribution in [0.3, 0.4) is 0 Å². The van der Waals surface area contributed by atoms with E-state index in [0.717, 1.165) is 18.2 Å². The van der Waals surface area contributed by atoms with Crippen molar-refractivity contribution >= 4 is 11.9 Å². The number of likely N-dealkylation sites (tertiary alicyclic amines) is 1. The summed E-state index contributed by atoms with van der Waals surface area (Å²) in [5.74, 6) is -1.22. The molecule has 3 aliphatic heterocycles. The molecule has 2 fully saturated rings. The van der Waals surface area contributed by atoms with Gasteiger partial charge in [0.1, 0.15) is 11.4 Å². The normalized spacial score (nSPS) is 23.5. The SMILES string of the molecule is COC(C)(C)c1cnc2n1C[C@H](c1cccc(F)c1F)CC[C@H]2NC(=O)N1CCC2(CCNC2=O)CC1. The summed E-state index contributed by atoms with van der Waals surface area (Å²) in [7, 11) is 1.62. The number of imidazole rings is 1. The van der Waals surface area contributed by atoms with Gasteiger partial charge in [-0.2, -0.15) is 0 Å². The summed E-state index contributed by atoms with van der Waals surface area (Å²) in [5.41, 5.74) is 0.111. The molecular weight excluding hydrogens is 480 g/mol. The van der Waals surface area contributed by atoms with E-state index in [1.165, 1.54) is 6.07 Å². The molecule has 8 nitrogen and oxygen atoms in total. The number of methoxy groups -OCH3 is 1. The standard InChI is InChI=1S/C27H35F2N5O3/c1-26(2,37-3)21-15-31-23-20(8-7-17(16-34(21)23)18-5-4-6-19(28)22(18)29)32-25(36)33-13-10-27(11-14-33)9-12-30-24(27)35/h4-6,15,17,20H,7-14,16H2,1-3H3,(H,30,35)(H,32,36)/t17-,20-/m1/s1. The second-order valence-corrected chi connectivity index (χ2v) is 11.0. The molecule has 4 heterocycles. The molecule has 37 heavy (non-hydrogen) atoms. The van der Waals surface area contributed by atoms with Gasteiger partial charge in [-0.3, -0.25) is 4.79 Å². The van der Waals surface area contributed by atoms with Crippen molar-refractivity contribution in [1.82, 2.24) is 25.1 Å². The maximum absolute atomic E-state index is 14.8. The molecule has 10 heteroatoms. The van der Waals surface area contributed by atoms with Gasteiger partial charge in [0, 0.05) is 39.2 Å². The number of hydrogen-bond donors (Lipinski definition) is 2. The van der Waals surface area contributed by atoms with E-state index in [1.54, 1.807) is 24.3 Å². The average Bonchev–Trinajstić information content (AvgIpc) is 3.42. The molecule has 1 aromatic carbocycles. The van der Waals surface area contributed by atoms with Crippen molar-refractivity contribution in [3.8, 4) is 0 Å². The second-order valence-electron chi connectivity index (χ2n) is 11.0. The third kappa shape index (κ3) is 4.60.